The number of nitrogens with zero attached hydrogens (tertiary/aromatic N) is 2. The molecule has 3 aromatic rings. The van der Waals surface area contributed by atoms with Crippen LogP contribution in [0.25, 0.3) is 11.1 Å². The van der Waals surface area contributed by atoms with Crippen molar-refractivity contribution in [2.75, 3.05) is 33.4 Å². The number of aryl methyl sites for hydroxylation is 1. The monoisotopic (exact) mass is 741 g/mol. The first-order chi connectivity index (χ1) is 24.9. The third-order valence-electron chi connectivity index (χ3n) is 9.77. The van der Waals surface area contributed by atoms with Crippen molar-refractivity contribution < 1.29 is 43.5 Å². The van der Waals surface area contributed by atoms with Crippen LogP contribution < -0.4 is 20.7 Å². The fourth-order valence-electron chi connectivity index (χ4n) is 6.09. The molecular formula is C37H51N5O9S. The highest BCUT2D eigenvalue weighted by Gasteiger charge is 2.46. The summed E-state index contributed by atoms with van der Waals surface area (Å²) in [5, 5.41) is 56.5. The Hall–Kier alpha value is -3.67. The van der Waals surface area contributed by atoms with E-state index in [0.717, 1.165) is 59.3 Å². The topological polar surface area (TPSA) is 214 Å². The summed E-state index contributed by atoms with van der Waals surface area (Å²) in [6.45, 7) is 1.28. The number of hydrogen-bond donors (Lipinski definition) is 8. The standard InChI is InChI=1S/C37H51N5O9S/c1-24-9-12-27(52(49,50)42(2)18-6-5-16-39-36(48)41-31(22-43)34(46)35(47)32(45)23-44)19-25(24)20-40-37(14-15-37)30-21-38-17-13-28(30)29-7-3-4-8-33(29)51-26-10-11-26/h3-4,7-9,12-13,17,19,21,26,31-32,34-35,40,43-47H,5-6,10-11,14-16,18,20,22-23H2,1-2H3,(H2,39,41,48). The molecule has 1 aromatic heterocycles. The molecule has 2 fully saturated rings. The van der Waals surface area contributed by atoms with E-state index in [-0.39, 0.29) is 29.6 Å². The van der Waals surface area contributed by atoms with Crippen LogP contribution >= 0.6 is 0 Å². The lowest BCUT2D eigenvalue weighted by Crippen LogP contribution is -2.56. The Kier molecular flexibility index (Phi) is 13.3. The van der Waals surface area contributed by atoms with Crippen molar-refractivity contribution in [3.8, 4) is 16.9 Å². The van der Waals surface area contributed by atoms with E-state index in [1.165, 1.54) is 11.4 Å². The number of ether oxygens (including phenoxy) is 1. The molecule has 14 nitrogen and oxygen atoms in total. The Morgan fingerprint density at radius 2 is 1.77 bits per heavy atom. The van der Waals surface area contributed by atoms with E-state index in [4.69, 9.17) is 9.84 Å². The molecule has 0 spiro atoms. The Balaban J connectivity index is 1.15. The van der Waals surface area contributed by atoms with E-state index in [0.29, 0.717) is 19.4 Å². The van der Waals surface area contributed by atoms with Crippen LogP contribution in [0.4, 0.5) is 4.79 Å². The van der Waals surface area contributed by atoms with Crippen LogP contribution in [-0.4, -0.2) is 113 Å². The fraction of sp³-hybridized carbons (Fsp3) is 0.514. The van der Waals surface area contributed by atoms with Crippen molar-refractivity contribution in [3.63, 3.8) is 0 Å². The van der Waals surface area contributed by atoms with E-state index < -0.39 is 53.6 Å². The van der Waals surface area contributed by atoms with Crippen LogP contribution in [0.15, 0.2) is 65.8 Å². The molecule has 2 aliphatic carbocycles. The van der Waals surface area contributed by atoms with Gasteiger partial charge in [-0.15, -0.1) is 0 Å². The van der Waals surface area contributed by atoms with Crippen LogP contribution in [0.3, 0.4) is 0 Å². The van der Waals surface area contributed by atoms with Crippen molar-refractivity contribution in [2.45, 2.75) is 92.9 Å². The lowest BCUT2D eigenvalue weighted by atomic mass is 9.94. The molecule has 8 N–H and O–H groups in total. The highest BCUT2D eigenvalue weighted by Crippen LogP contribution is 2.50. The number of hydrogen-bond acceptors (Lipinski definition) is 11. The molecule has 1 heterocycles. The molecule has 52 heavy (non-hydrogen) atoms. The number of carbonyl (C=O) groups excluding carboxylic acids is 1. The summed E-state index contributed by atoms with van der Waals surface area (Å²) in [6, 6.07) is 13.3. The summed E-state index contributed by atoms with van der Waals surface area (Å²) >= 11 is 0. The molecule has 15 heteroatoms. The predicted octanol–water partition coefficient (Wildman–Crippen LogP) is 1.51. The molecule has 0 saturated heterocycles. The van der Waals surface area contributed by atoms with Gasteiger partial charge in [-0.25, -0.2) is 17.5 Å². The molecule has 2 aromatic carbocycles. The average molecular weight is 742 g/mol. The van der Waals surface area contributed by atoms with Gasteiger partial charge in [-0.05, 0) is 92.0 Å². The number of carbonyl (C=O) groups is 1. The van der Waals surface area contributed by atoms with E-state index in [1.54, 1.807) is 18.3 Å². The lowest BCUT2D eigenvalue weighted by Gasteiger charge is -2.28. The number of aliphatic hydroxyl groups is 5. The van der Waals surface area contributed by atoms with Gasteiger partial charge in [0.05, 0.1) is 30.3 Å². The van der Waals surface area contributed by atoms with E-state index >= 15 is 0 Å². The van der Waals surface area contributed by atoms with Crippen molar-refractivity contribution in [1.82, 2.24) is 25.2 Å². The molecule has 5 rings (SSSR count). The summed E-state index contributed by atoms with van der Waals surface area (Å²) < 4.78 is 34.7. The third-order valence-corrected chi connectivity index (χ3v) is 11.6. The van der Waals surface area contributed by atoms with Gasteiger partial charge >= 0.3 is 6.03 Å². The number of rotatable bonds is 20. The van der Waals surface area contributed by atoms with E-state index in [9.17, 15) is 33.6 Å². The molecular weight excluding hydrogens is 690 g/mol. The van der Waals surface area contributed by atoms with Gasteiger partial charge in [-0.3, -0.25) is 4.98 Å². The normalized spacial score (nSPS) is 17.6. The first kappa shape index (κ1) is 39.5. The van der Waals surface area contributed by atoms with Crippen LogP contribution in [0.5, 0.6) is 5.75 Å². The van der Waals surface area contributed by atoms with Gasteiger partial charge < -0.3 is 46.2 Å². The number of aliphatic hydroxyl groups excluding tert-OH is 5. The molecule has 4 atom stereocenters. The highest BCUT2D eigenvalue weighted by atomic mass is 32.2. The molecule has 284 valence electrons. The first-order valence-electron chi connectivity index (χ1n) is 17.7. The van der Waals surface area contributed by atoms with Gasteiger partial charge in [0, 0.05) is 50.2 Å². The van der Waals surface area contributed by atoms with E-state index in [1.807, 2.05) is 43.5 Å². The number of unbranched alkanes of at least 4 members (excludes halogenated alkanes) is 1. The minimum absolute atomic E-state index is 0.176. The molecule has 0 radical (unpaired) electrons. The van der Waals surface area contributed by atoms with Crippen molar-refractivity contribution >= 4 is 16.1 Å². The maximum Gasteiger partial charge on any atom is 0.315 e. The summed E-state index contributed by atoms with van der Waals surface area (Å²) in [7, 11) is -2.29. The number of para-hydroxylation sites is 1. The van der Waals surface area contributed by atoms with Gasteiger partial charge in [0.15, 0.2) is 0 Å². The largest absolute Gasteiger partial charge is 0.490 e. The molecule has 2 saturated carbocycles. The van der Waals surface area contributed by atoms with Crippen molar-refractivity contribution in [1.29, 1.82) is 0 Å². The molecule has 0 bridgehead atoms. The second-order valence-corrected chi connectivity index (χ2v) is 15.8. The molecule has 2 aliphatic rings. The Labute approximate surface area is 304 Å². The minimum atomic E-state index is -3.81. The second kappa shape index (κ2) is 17.4. The van der Waals surface area contributed by atoms with Crippen LogP contribution in [-0.2, 0) is 22.1 Å². The first-order valence-corrected chi connectivity index (χ1v) is 19.2. The van der Waals surface area contributed by atoms with Crippen LogP contribution in [0.1, 0.15) is 55.2 Å². The average Bonchev–Trinajstić information content (AvgIpc) is 4.10. The summed E-state index contributed by atoms with van der Waals surface area (Å²) in [5.41, 5.74) is 4.76. The minimum Gasteiger partial charge on any atom is -0.490 e. The number of amides is 2. The lowest BCUT2D eigenvalue weighted by molar-refractivity contribution is -0.0902. The van der Waals surface area contributed by atoms with Gasteiger partial charge in [0.2, 0.25) is 10.0 Å². The van der Waals surface area contributed by atoms with Crippen molar-refractivity contribution in [2.24, 2.45) is 0 Å². The van der Waals surface area contributed by atoms with Gasteiger partial charge in [0.25, 0.3) is 0 Å². The van der Waals surface area contributed by atoms with Gasteiger partial charge in [-0.1, -0.05) is 24.3 Å². The number of nitrogens with one attached hydrogen (secondary N) is 3. The maximum absolute atomic E-state index is 13.6. The molecule has 0 aliphatic heterocycles. The number of urea groups is 1. The second-order valence-electron chi connectivity index (χ2n) is 13.7. The Morgan fingerprint density at radius 1 is 1.02 bits per heavy atom. The Morgan fingerprint density at radius 3 is 2.46 bits per heavy atom. The molecule has 4 unspecified atom stereocenters. The zero-order valence-electron chi connectivity index (χ0n) is 29.6. The predicted molar refractivity (Wildman–Crippen MR) is 194 cm³/mol. The number of benzene rings is 2. The zero-order chi connectivity index (χ0) is 37.5. The highest BCUT2D eigenvalue weighted by molar-refractivity contribution is 7.89. The van der Waals surface area contributed by atoms with Gasteiger partial charge in [0.1, 0.15) is 24.1 Å². The zero-order valence-corrected chi connectivity index (χ0v) is 30.4. The SMILES string of the molecule is Cc1ccc(S(=O)(=O)N(C)CCCCNC(=O)NC(CO)C(O)C(O)C(O)CO)cc1CNC1(c2cnccc2-c2ccccc2OC2CC2)CC1. The van der Waals surface area contributed by atoms with Gasteiger partial charge in [-0.2, -0.15) is 0 Å². The van der Waals surface area contributed by atoms with E-state index in [2.05, 4.69) is 27.0 Å². The summed E-state index contributed by atoms with van der Waals surface area (Å²) in [6.07, 6.45) is 3.70. The fourth-order valence-corrected chi connectivity index (χ4v) is 7.35. The smallest absolute Gasteiger partial charge is 0.315 e. The summed E-state index contributed by atoms with van der Waals surface area (Å²) in [4.78, 5) is 16.9. The summed E-state index contributed by atoms with van der Waals surface area (Å²) in [5.74, 6) is 0.870. The number of pyridine rings is 1. The number of sulfonamides is 1. The van der Waals surface area contributed by atoms with Crippen LogP contribution in [0.2, 0.25) is 0 Å². The number of aromatic nitrogens is 1. The molecule has 2 amide bonds. The third kappa shape index (κ3) is 9.65. The van der Waals surface area contributed by atoms with Crippen LogP contribution in [0, 0.1) is 6.92 Å². The quantitative estimate of drug-likeness (QED) is 0.0778. The Bertz CT molecular complexity index is 1770. The van der Waals surface area contributed by atoms with Crippen molar-refractivity contribution in [3.05, 3.63) is 77.6 Å². The maximum atomic E-state index is 13.6.